The van der Waals surface area contributed by atoms with Gasteiger partial charge in [0.05, 0.1) is 0 Å². The van der Waals surface area contributed by atoms with Gasteiger partial charge in [0.2, 0.25) is 0 Å². The molecule has 1 fully saturated rings. The van der Waals surface area contributed by atoms with E-state index in [-0.39, 0.29) is 5.69 Å². The van der Waals surface area contributed by atoms with Crippen LogP contribution in [-0.2, 0) is 0 Å². The molecule has 2 rings (SSSR count). The van der Waals surface area contributed by atoms with E-state index in [0.717, 1.165) is 12.8 Å². The highest BCUT2D eigenvalue weighted by Gasteiger charge is 2.16. The van der Waals surface area contributed by atoms with E-state index in [1.165, 1.54) is 31.5 Å². The Morgan fingerprint density at radius 2 is 2.00 bits per heavy atom. The Balaban J connectivity index is 1.78. The molecule has 6 nitrogen and oxygen atoms in total. The summed E-state index contributed by atoms with van der Waals surface area (Å²) in [6.07, 6.45) is 7.13. The van der Waals surface area contributed by atoms with Gasteiger partial charge in [-0.2, -0.15) is 4.73 Å². The zero-order valence-corrected chi connectivity index (χ0v) is 11.9. The van der Waals surface area contributed by atoms with Crippen molar-refractivity contribution in [3.05, 3.63) is 35.3 Å². The molecule has 0 saturated heterocycles. The summed E-state index contributed by atoms with van der Waals surface area (Å²) in [7, 11) is 0. The molecule has 108 valence electrons. The minimum Gasteiger partial charge on any atom is -0.618 e. The topological polar surface area (TPSA) is 80.1 Å². The predicted molar refractivity (Wildman–Crippen MR) is 78.6 cm³/mol. The van der Waals surface area contributed by atoms with Crippen molar-refractivity contribution in [1.29, 1.82) is 0 Å². The van der Waals surface area contributed by atoms with Gasteiger partial charge in [-0.25, -0.2) is 0 Å². The van der Waals surface area contributed by atoms with Crippen molar-refractivity contribution in [2.24, 2.45) is 0 Å². The Hall–Kier alpha value is -1.89. The van der Waals surface area contributed by atoms with Gasteiger partial charge in [-0.3, -0.25) is 15.6 Å². The fourth-order valence-electron chi connectivity index (χ4n) is 2.25. The van der Waals surface area contributed by atoms with Gasteiger partial charge < -0.3 is 10.5 Å². The molecule has 0 aliphatic heterocycles. The third-order valence-electron chi connectivity index (χ3n) is 3.29. The Labute approximate surface area is 123 Å². The number of thiocarbonyl (C=S) groups is 1. The summed E-state index contributed by atoms with van der Waals surface area (Å²) in [6.45, 7) is 0. The largest absolute Gasteiger partial charge is 0.618 e. The third kappa shape index (κ3) is 4.06. The first kappa shape index (κ1) is 14.5. The lowest BCUT2D eigenvalue weighted by molar-refractivity contribution is -0.607. The molecule has 0 unspecified atom stereocenters. The molecule has 0 radical (unpaired) electrons. The van der Waals surface area contributed by atoms with E-state index in [1.54, 1.807) is 12.1 Å². The van der Waals surface area contributed by atoms with Crippen LogP contribution in [0, 0.1) is 5.21 Å². The first-order valence-corrected chi connectivity index (χ1v) is 7.12. The molecule has 0 bridgehead atoms. The van der Waals surface area contributed by atoms with Gasteiger partial charge in [-0.15, -0.1) is 0 Å². The van der Waals surface area contributed by atoms with Crippen molar-refractivity contribution in [3.63, 3.8) is 0 Å². The van der Waals surface area contributed by atoms with Crippen LogP contribution in [0.5, 0.6) is 0 Å². The number of hydrogen-bond donors (Lipinski definition) is 3. The number of nitrogens with one attached hydrogen (secondary N) is 3. The van der Waals surface area contributed by atoms with Crippen molar-refractivity contribution in [1.82, 2.24) is 16.2 Å². The molecular weight excluding hydrogens is 276 g/mol. The molecule has 1 amide bonds. The molecule has 1 saturated carbocycles. The quantitative estimate of drug-likeness (QED) is 0.325. The summed E-state index contributed by atoms with van der Waals surface area (Å²) < 4.78 is 0.509. The van der Waals surface area contributed by atoms with Gasteiger partial charge in [-0.05, 0) is 31.1 Å². The van der Waals surface area contributed by atoms with Crippen LogP contribution in [0.2, 0.25) is 0 Å². The molecule has 0 atom stereocenters. The lowest BCUT2D eigenvalue weighted by Crippen LogP contribution is -2.51. The maximum absolute atomic E-state index is 11.8. The smallest absolute Gasteiger partial charge is 0.335 e. The first-order chi connectivity index (χ1) is 9.66. The van der Waals surface area contributed by atoms with Crippen LogP contribution in [-0.4, -0.2) is 17.1 Å². The van der Waals surface area contributed by atoms with E-state index in [0.29, 0.717) is 15.9 Å². The molecule has 3 N–H and O–H groups in total. The highest BCUT2D eigenvalue weighted by atomic mass is 32.1. The second-order valence-corrected chi connectivity index (χ2v) is 5.21. The summed E-state index contributed by atoms with van der Waals surface area (Å²) in [5.41, 5.74) is 5.05. The number of pyridine rings is 1. The fraction of sp³-hybridized carbons (Fsp3) is 0.462. The molecule has 1 heterocycles. The summed E-state index contributed by atoms with van der Waals surface area (Å²) in [5.74, 6) is -0.520. The number of hydrazine groups is 1. The molecule has 1 aromatic rings. The van der Waals surface area contributed by atoms with Crippen LogP contribution in [0.1, 0.15) is 42.6 Å². The monoisotopic (exact) mass is 294 g/mol. The fourth-order valence-corrected chi connectivity index (χ4v) is 2.47. The van der Waals surface area contributed by atoms with E-state index < -0.39 is 5.91 Å². The Morgan fingerprint density at radius 3 is 2.70 bits per heavy atom. The maximum atomic E-state index is 11.8. The Morgan fingerprint density at radius 1 is 1.25 bits per heavy atom. The van der Waals surface area contributed by atoms with E-state index in [1.807, 2.05) is 0 Å². The molecule has 1 aromatic heterocycles. The molecule has 0 spiro atoms. The molecular formula is C13H18N4O2S. The predicted octanol–water partition coefficient (Wildman–Crippen LogP) is 0.762. The standard InChI is InChI=1S/C13H18N4O2S/c18-12(11-8-4-5-9-17(11)19)15-16-13(20)14-10-6-2-1-3-7-10/h4-5,8-10H,1-3,6-7H2,(H,15,18)(H2,14,16,20). The Bertz CT molecular complexity index is 489. The van der Waals surface area contributed by atoms with E-state index >= 15 is 0 Å². The number of carbonyl (C=O) groups is 1. The van der Waals surface area contributed by atoms with Crippen LogP contribution < -0.4 is 20.9 Å². The number of hydrogen-bond acceptors (Lipinski definition) is 3. The number of nitrogens with zero attached hydrogens (tertiary/aromatic N) is 1. The normalized spacial score (nSPS) is 15.4. The molecule has 1 aliphatic rings. The molecule has 0 aromatic carbocycles. The van der Waals surface area contributed by atoms with Crippen molar-refractivity contribution in [2.45, 2.75) is 38.1 Å². The van der Waals surface area contributed by atoms with Crippen LogP contribution in [0.15, 0.2) is 24.4 Å². The van der Waals surface area contributed by atoms with Gasteiger partial charge in [0, 0.05) is 18.2 Å². The minimum absolute atomic E-state index is 0.0143. The van der Waals surface area contributed by atoms with Crippen molar-refractivity contribution in [3.8, 4) is 0 Å². The van der Waals surface area contributed by atoms with E-state index in [4.69, 9.17) is 12.2 Å². The van der Waals surface area contributed by atoms with Gasteiger partial charge in [-0.1, -0.05) is 19.3 Å². The zero-order valence-electron chi connectivity index (χ0n) is 11.1. The Kier molecular flexibility index (Phi) is 5.11. The summed E-state index contributed by atoms with van der Waals surface area (Å²) in [6, 6.07) is 5.00. The number of aromatic nitrogens is 1. The lowest BCUT2D eigenvalue weighted by Gasteiger charge is -2.24. The van der Waals surface area contributed by atoms with Crippen LogP contribution in [0.4, 0.5) is 0 Å². The maximum Gasteiger partial charge on any atom is 0.335 e. The van der Waals surface area contributed by atoms with Gasteiger partial charge >= 0.3 is 5.91 Å². The average Bonchev–Trinajstić information content (AvgIpc) is 2.46. The summed E-state index contributed by atoms with van der Waals surface area (Å²) in [5, 5.41) is 14.9. The summed E-state index contributed by atoms with van der Waals surface area (Å²) in [4.78, 5) is 11.8. The van der Waals surface area contributed by atoms with Gasteiger partial charge in [0.1, 0.15) is 0 Å². The second-order valence-electron chi connectivity index (χ2n) is 4.80. The van der Waals surface area contributed by atoms with Gasteiger partial charge in [0.15, 0.2) is 11.3 Å². The third-order valence-corrected chi connectivity index (χ3v) is 3.51. The second kappa shape index (κ2) is 7.04. The van der Waals surface area contributed by atoms with Crippen LogP contribution in [0.3, 0.4) is 0 Å². The molecule has 1 aliphatic carbocycles. The highest BCUT2D eigenvalue weighted by molar-refractivity contribution is 7.80. The summed E-state index contributed by atoms with van der Waals surface area (Å²) >= 11 is 5.11. The first-order valence-electron chi connectivity index (χ1n) is 6.72. The highest BCUT2D eigenvalue weighted by Crippen LogP contribution is 2.16. The van der Waals surface area contributed by atoms with Crippen molar-refractivity contribution in [2.75, 3.05) is 0 Å². The minimum atomic E-state index is -0.520. The van der Waals surface area contributed by atoms with Gasteiger partial charge in [0.25, 0.3) is 5.69 Å². The molecule has 20 heavy (non-hydrogen) atoms. The molecule has 7 heteroatoms. The SMILES string of the molecule is O=C(NNC(=S)NC1CCCCC1)c1cccc[n+]1[O-]. The van der Waals surface area contributed by atoms with Crippen LogP contribution >= 0.6 is 12.2 Å². The van der Waals surface area contributed by atoms with Crippen molar-refractivity contribution >= 4 is 23.2 Å². The average molecular weight is 294 g/mol. The van der Waals surface area contributed by atoms with Crippen molar-refractivity contribution < 1.29 is 9.52 Å². The number of carbonyl (C=O) groups excluding carboxylic acids is 1. The number of amides is 1. The van der Waals surface area contributed by atoms with E-state index in [9.17, 15) is 10.0 Å². The zero-order chi connectivity index (χ0) is 14.4. The number of rotatable bonds is 2. The lowest BCUT2D eigenvalue weighted by atomic mass is 9.96. The van der Waals surface area contributed by atoms with Crippen LogP contribution in [0.25, 0.3) is 0 Å². The van der Waals surface area contributed by atoms with E-state index in [2.05, 4.69) is 16.2 Å².